The van der Waals surface area contributed by atoms with Crippen LogP contribution in [0.5, 0.6) is 0 Å². The van der Waals surface area contributed by atoms with Gasteiger partial charge in [0.05, 0.1) is 5.92 Å². The topological polar surface area (TPSA) is 20.3 Å². The van der Waals surface area contributed by atoms with Crippen LogP contribution in [0.4, 0.5) is 18.0 Å². The molecule has 1 aliphatic rings. The monoisotopic (exact) mass is 229 g/mol. The summed E-state index contributed by atoms with van der Waals surface area (Å²) in [5.41, 5.74) is -1.24. The number of likely N-dealkylation sites (tertiary alicyclic amines) is 1. The zero-order chi connectivity index (χ0) is 11.1. The van der Waals surface area contributed by atoms with Gasteiger partial charge in [-0.05, 0) is 31.9 Å². The molecule has 0 N–H and O–H groups in total. The molecule has 0 bridgehead atoms. The number of hydrogen-bond acceptors (Lipinski definition) is 1. The van der Waals surface area contributed by atoms with Crippen LogP contribution in [0.25, 0.3) is 0 Å². The summed E-state index contributed by atoms with van der Waals surface area (Å²) in [5, 5.41) is -0.818. The zero-order valence-electron chi connectivity index (χ0n) is 7.86. The number of rotatable bonds is 0. The molecular formula is C8H11ClF3NO. The number of amides is 1. The third kappa shape index (κ3) is 1.82. The van der Waals surface area contributed by atoms with E-state index in [4.69, 9.17) is 11.6 Å². The Morgan fingerprint density at radius 1 is 1.50 bits per heavy atom. The van der Waals surface area contributed by atoms with Crippen LogP contribution in [0, 0.1) is 5.92 Å². The second kappa shape index (κ2) is 3.29. The van der Waals surface area contributed by atoms with Gasteiger partial charge in [0.1, 0.15) is 0 Å². The molecule has 82 valence electrons. The van der Waals surface area contributed by atoms with Gasteiger partial charge in [0.25, 0.3) is 0 Å². The maximum atomic E-state index is 12.5. The number of hydrogen-bond donors (Lipinski definition) is 0. The van der Waals surface area contributed by atoms with Crippen LogP contribution >= 0.6 is 11.6 Å². The van der Waals surface area contributed by atoms with E-state index in [9.17, 15) is 18.0 Å². The Labute approximate surface area is 85.0 Å². The smallest absolute Gasteiger partial charge is 0.323 e. The van der Waals surface area contributed by atoms with E-state index in [0.29, 0.717) is 0 Å². The van der Waals surface area contributed by atoms with Gasteiger partial charge in [-0.25, -0.2) is 0 Å². The highest BCUT2D eigenvalue weighted by Crippen LogP contribution is 2.44. The third-order valence-electron chi connectivity index (χ3n) is 2.80. The van der Waals surface area contributed by atoms with Crippen molar-refractivity contribution < 1.29 is 18.0 Å². The largest absolute Gasteiger partial charge is 0.394 e. The van der Waals surface area contributed by atoms with Crippen LogP contribution in [0.15, 0.2) is 0 Å². The number of nitrogens with zero attached hydrogens (tertiary/aromatic N) is 1. The number of alkyl halides is 3. The van der Waals surface area contributed by atoms with Crippen molar-refractivity contribution in [3.63, 3.8) is 0 Å². The standard InChI is InChI=1S/C8H11ClF3NO/c1-7(2)5(8(10,11)12)3-4-13(7)6(9)14/h5H,3-4H2,1-2H3. The van der Waals surface area contributed by atoms with Gasteiger partial charge in [-0.1, -0.05) is 0 Å². The summed E-state index contributed by atoms with van der Waals surface area (Å²) in [5.74, 6) is -1.49. The maximum Gasteiger partial charge on any atom is 0.394 e. The third-order valence-corrected chi connectivity index (χ3v) is 3.00. The first-order valence-electron chi connectivity index (χ1n) is 4.21. The van der Waals surface area contributed by atoms with Crippen molar-refractivity contribution in [2.75, 3.05) is 6.54 Å². The molecule has 0 saturated carbocycles. The number of halogens is 4. The molecule has 0 aromatic carbocycles. The number of carbonyl (C=O) groups excluding carboxylic acids is 1. The van der Waals surface area contributed by atoms with Crippen molar-refractivity contribution >= 4 is 17.0 Å². The molecule has 1 heterocycles. The molecule has 1 unspecified atom stereocenters. The van der Waals surface area contributed by atoms with Crippen LogP contribution in [-0.4, -0.2) is 28.5 Å². The first-order valence-corrected chi connectivity index (χ1v) is 4.59. The van der Waals surface area contributed by atoms with E-state index in [1.807, 2.05) is 0 Å². The fraction of sp³-hybridized carbons (Fsp3) is 0.875. The molecule has 14 heavy (non-hydrogen) atoms. The lowest BCUT2D eigenvalue weighted by molar-refractivity contribution is -0.189. The minimum absolute atomic E-state index is 0.0690. The summed E-state index contributed by atoms with van der Waals surface area (Å²) in [6.07, 6.45) is -4.35. The second-order valence-corrected chi connectivity index (χ2v) is 4.26. The van der Waals surface area contributed by atoms with E-state index in [1.54, 1.807) is 0 Å². The summed E-state index contributed by atoms with van der Waals surface area (Å²) in [4.78, 5) is 11.9. The van der Waals surface area contributed by atoms with Gasteiger partial charge in [0.15, 0.2) is 0 Å². The van der Waals surface area contributed by atoms with E-state index in [2.05, 4.69) is 0 Å². The summed E-state index contributed by atoms with van der Waals surface area (Å²) in [6, 6.07) is 0. The minimum atomic E-state index is -4.27. The predicted molar refractivity (Wildman–Crippen MR) is 46.2 cm³/mol. The average Bonchev–Trinajstić information content (AvgIpc) is 2.22. The van der Waals surface area contributed by atoms with E-state index in [-0.39, 0.29) is 13.0 Å². The minimum Gasteiger partial charge on any atom is -0.323 e. The van der Waals surface area contributed by atoms with Crippen molar-refractivity contribution in [1.29, 1.82) is 0 Å². The quantitative estimate of drug-likeness (QED) is 0.462. The lowest BCUT2D eigenvalue weighted by Crippen LogP contribution is -2.48. The number of carbonyl (C=O) groups is 1. The first kappa shape index (κ1) is 11.6. The molecule has 0 aliphatic carbocycles. The molecule has 1 fully saturated rings. The van der Waals surface area contributed by atoms with Crippen LogP contribution in [0.2, 0.25) is 0 Å². The fourth-order valence-corrected chi connectivity index (χ4v) is 2.27. The highest BCUT2D eigenvalue weighted by atomic mass is 35.5. The normalized spacial score (nSPS) is 26.7. The summed E-state index contributed by atoms with van der Waals surface area (Å²) in [6.45, 7) is 2.84. The molecule has 1 saturated heterocycles. The molecular weight excluding hydrogens is 219 g/mol. The van der Waals surface area contributed by atoms with Crippen molar-refractivity contribution in [1.82, 2.24) is 4.90 Å². The Bertz CT molecular complexity index is 251. The summed E-state index contributed by atoms with van der Waals surface area (Å²) >= 11 is 5.20. The van der Waals surface area contributed by atoms with Crippen molar-refractivity contribution in [3.05, 3.63) is 0 Å². The van der Waals surface area contributed by atoms with Crippen LogP contribution in [0.3, 0.4) is 0 Å². The van der Waals surface area contributed by atoms with E-state index >= 15 is 0 Å². The Morgan fingerprint density at radius 2 is 2.00 bits per heavy atom. The van der Waals surface area contributed by atoms with Crippen LogP contribution in [-0.2, 0) is 0 Å². The van der Waals surface area contributed by atoms with Gasteiger partial charge in [0.2, 0.25) is 0 Å². The van der Waals surface area contributed by atoms with E-state index < -0.39 is 23.0 Å². The Hall–Kier alpha value is -0.450. The first-order chi connectivity index (χ1) is 6.17. The van der Waals surface area contributed by atoms with E-state index in [1.165, 1.54) is 13.8 Å². The zero-order valence-corrected chi connectivity index (χ0v) is 8.61. The lowest BCUT2D eigenvalue weighted by Gasteiger charge is -2.35. The molecule has 0 aromatic heterocycles. The van der Waals surface area contributed by atoms with Gasteiger partial charge in [0, 0.05) is 12.1 Å². The van der Waals surface area contributed by atoms with E-state index in [0.717, 1.165) is 4.90 Å². The lowest BCUT2D eigenvalue weighted by atomic mass is 9.88. The second-order valence-electron chi connectivity index (χ2n) is 3.94. The molecule has 2 nitrogen and oxygen atoms in total. The molecule has 0 spiro atoms. The van der Waals surface area contributed by atoms with Gasteiger partial charge in [-0.15, -0.1) is 0 Å². The molecule has 1 atom stereocenters. The molecule has 1 amide bonds. The van der Waals surface area contributed by atoms with Crippen molar-refractivity contribution in [2.24, 2.45) is 5.92 Å². The summed E-state index contributed by atoms with van der Waals surface area (Å²) < 4.78 is 37.5. The fourth-order valence-electron chi connectivity index (χ4n) is 1.97. The van der Waals surface area contributed by atoms with Gasteiger partial charge >= 0.3 is 11.5 Å². The van der Waals surface area contributed by atoms with Gasteiger partial charge < -0.3 is 4.90 Å². The van der Waals surface area contributed by atoms with Crippen LogP contribution in [0.1, 0.15) is 20.3 Å². The molecule has 0 aromatic rings. The maximum absolute atomic E-state index is 12.5. The predicted octanol–water partition coefficient (Wildman–Crippen LogP) is 3.01. The SMILES string of the molecule is CC1(C)C(C(F)(F)F)CCN1C(=O)Cl. The summed E-state index contributed by atoms with van der Waals surface area (Å²) in [7, 11) is 0. The Kier molecular flexibility index (Phi) is 2.73. The molecule has 6 heteroatoms. The Morgan fingerprint density at radius 3 is 2.21 bits per heavy atom. The average molecular weight is 230 g/mol. The van der Waals surface area contributed by atoms with Crippen molar-refractivity contribution in [3.8, 4) is 0 Å². The molecule has 1 rings (SSSR count). The van der Waals surface area contributed by atoms with Crippen LogP contribution < -0.4 is 0 Å². The highest BCUT2D eigenvalue weighted by Gasteiger charge is 2.55. The molecule has 1 aliphatic heterocycles. The Balaban J connectivity index is 2.92. The van der Waals surface area contributed by atoms with Gasteiger partial charge in [-0.3, -0.25) is 4.79 Å². The van der Waals surface area contributed by atoms with Crippen molar-refractivity contribution in [2.45, 2.75) is 32.0 Å². The highest BCUT2D eigenvalue weighted by molar-refractivity contribution is 6.62. The van der Waals surface area contributed by atoms with Gasteiger partial charge in [-0.2, -0.15) is 13.2 Å². The molecule has 0 radical (unpaired) electrons.